The van der Waals surface area contributed by atoms with Crippen LogP contribution in [0, 0.1) is 18.6 Å². The number of nitrogens with zero attached hydrogens (tertiary/aromatic N) is 2. The van der Waals surface area contributed by atoms with Crippen molar-refractivity contribution in [1.29, 1.82) is 0 Å². The van der Waals surface area contributed by atoms with E-state index in [0.717, 1.165) is 16.8 Å². The Kier molecular flexibility index (Phi) is 3.99. The van der Waals surface area contributed by atoms with E-state index in [0.29, 0.717) is 6.07 Å². The highest BCUT2D eigenvalue weighted by atomic mass is 32.2. The molecule has 19 heavy (non-hydrogen) atoms. The van der Waals surface area contributed by atoms with Crippen molar-refractivity contribution in [3.63, 3.8) is 0 Å². The molecule has 0 saturated heterocycles. The molecule has 1 heterocycles. The molecule has 100 valence electrons. The van der Waals surface area contributed by atoms with Crippen LogP contribution >= 0.6 is 11.8 Å². The highest BCUT2D eigenvalue weighted by Gasteiger charge is 2.14. The molecule has 0 atom stereocenters. The van der Waals surface area contributed by atoms with E-state index >= 15 is 0 Å². The molecule has 1 aromatic carbocycles. The fourth-order valence-electron chi connectivity index (χ4n) is 1.65. The Labute approximate surface area is 113 Å². The number of thioether (sulfide) groups is 1. The number of carbonyl (C=O) groups excluding carboxylic acids is 1. The lowest BCUT2D eigenvalue weighted by Gasteiger charge is -2.03. The molecule has 0 amide bonds. The maximum Gasteiger partial charge on any atom is 0.176 e. The van der Waals surface area contributed by atoms with Crippen molar-refractivity contribution in [1.82, 2.24) is 9.78 Å². The number of aryl methyl sites for hydroxylation is 2. The van der Waals surface area contributed by atoms with Crippen molar-refractivity contribution in [2.24, 2.45) is 7.05 Å². The largest absolute Gasteiger partial charge is 0.293 e. The molecular formula is C13H12F2N2OS. The highest BCUT2D eigenvalue weighted by molar-refractivity contribution is 7.99. The van der Waals surface area contributed by atoms with E-state index in [1.165, 1.54) is 17.8 Å². The maximum atomic E-state index is 13.4. The number of hydrogen-bond donors (Lipinski definition) is 0. The van der Waals surface area contributed by atoms with Crippen LogP contribution in [-0.4, -0.2) is 21.3 Å². The van der Waals surface area contributed by atoms with Gasteiger partial charge < -0.3 is 0 Å². The molecule has 3 nitrogen and oxygen atoms in total. The standard InChI is InChI=1S/C13H12F2N2OS/c1-8-5-13(17(2)16-8)19-7-12(18)10-4-3-9(14)6-11(10)15/h3-6H,7H2,1-2H3. The van der Waals surface area contributed by atoms with Crippen LogP contribution in [0.3, 0.4) is 0 Å². The topological polar surface area (TPSA) is 34.9 Å². The minimum Gasteiger partial charge on any atom is -0.293 e. The van der Waals surface area contributed by atoms with Crippen LogP contribution in [0.2, 0.25) is 0 Å². The number of carbonyl (C=O) groups is 1. The van der Waals surface area contributed by atoms with Gasteiger partial charge in [0.05, 0.1) is 22.0 Å². The van der Waals surface area contributed by atoms with Crippen LogP contribution in [0.4, 0.5) is 8.78 Å². The van der Waals surface area contributed by atoms with Crippen molar-refractivity contribution in [3.05, 3.63) is 47.2 Å². The summed E-state index contributed by atoms with van der Waals surface area (Å²) >= 11 is 1.27. The first-order chi connectivity index (χ1) is 8.97. The third kappa shape index (κ3) is 3.20. The number of ketones is 1. The van der Waals surface area contributed by atoms with Crippen molar-refractivity contribution in [2.45, 2.75) is 11.9 Å². The van der Waals surface area contributed by atoms with E-state index in [4.69, 9.17) is 0 Å². The smallest absolute Gasteiger partial charge is 0.176 e. The average Bonchev–Trinajstić information content (AvgIpc) is 2.65. The molecule has 0 aliphatic carbocycles. The molecule has 0 fully saturated rings. The molecule has 0 N–H and O–H groups in total. The van der Waals surface area contributed by atoms with Gasteiger partial charge >= 0.3 is 0 Å². The van der Waals surface area contributed by atoms with Gasteiger partial charge in [-0.25, -0.2) is 8.78 Å². The Morgan fingerprint density at radius 2 is 2.11 bits per heavy atom. The average molecular weight is 282 g/mol. The lowest BCUT2D eigenvalue weighted by Crippen LogP contribution is -2.06. The van der Waals surface area contributed by atoms with E-state index in [9.17, 15) is 13.6 Å². The fourth-order valence-corrected chi connectivity index (χ4v) is 2.57. The molecule has 2 rings (SSSR count). The van der Waals surface area contributed by atoms with Crippen molar-refractivity contribution >= 4 is 17.5 Å². The lowest BCUT2D eigenvalue weighted by atomic mass is 10.1. The second-order valence-corrected chi connectivity index (χ2v) is 5.08. The van der Waals surface area contributed by atoms with Gasteiger partial charge in [-0.05, 0) is 25.1 Å². The third-order valence-electron chi connectivity index (χ3n) is 2.54. The third-order valence-corrected chi connectivity index (χ3v) is 3.63. The Balaban J connectivity index is 2.07. The maximum absolute atomic E-state index is 13.4. The molecule has 2 aromatic rings. The predicted octanol–water partition coefficient (Wildman–Crippen LogP) is 2.98. The number of rotatable bonds is 4. The summed E-state index contributed by atoms with van der Waals surface area (Å²) in [7, 11) is 1.78. The quantitative estimate of drug-likeness (QED) is 0.639. The molecule has 0 aliphatic heterocycles. The van der Waals surface area contributed by atoms with Gasteiger partial charge in [0.25, 0.3) is 0 Å². The summed E-state index contributed by atoms with van der Waals surface area (Å²) < 4.78 is 27.8. The predicted molar refractivity (Wildman–Crippen MR) is 69.4 cm³/mol. The normalized spacial score (nSPS) is 10.7. The second kappa shape index (κ2) is 5.52. The van der Waals surface area contributed by atoms with Gasteiger partial charge in [-0.2, -0.15) is 5.10 Å². The van der Waals surface area contributed by atoms with Crippen LogP contribution < -0.4 is 0 Å². The monoisotopic (exact) mass is 282 g/mol. The Bertz CT molecular complexity index is 625. The molecule has 0 radical (unpaired) electrons. The van der Waals surface area contributed by atoms with Gasteiger partial charge in [0, 0.05) is 13.1 Å². The van der Waals surface area contributed by atoms with Crippen LogP contribution in [-0.2, 0) is 7.05 Å². The Morgan fingerprint density at radius 1 is 1.37 bits per heavy atom. The lowest BCUT2D eigenvalue weighted by molar-refractivity contribution is 0.101. The molecule has 0 spiro atoms. The van der Waals surface area contributed by atoms with E-state index in [-0.39, 0.29) is 17.1 Å². The molecular weight excluding hydrogens is 270 g/mol. The van der Waals surface area contributed by atoms with Gasteiger partial charge in [0.15, 0.2) is 5.78 Å². The van der Waals surface area contributed by atoms with Crippen molar-refractivity contribution in [3.8, 4) is 0 Å². The van der Waals surface area contributed by atoms with Crippen molar-refractivity contribution < 1.29 is 13.6 Å². The first-order valence-electron chi connectivity index (χ1n) is 5.59. The van der Waals surface area contributed by atoms with Gasteiger partial charge in [-0.3, -0.25) is 9.48 Å². The number of benzene rings is 1. The highest BCUT2D eigenvalue weighted by Crippen LogP contribution is 2.20. The van der Waals surface area contributed by atoms with E-state index < -0.39 is 11.6 Å². The van der Waals surface area contributed by atoms with E-state index in [2.05, 4.69) is 5.10 Å². The molecule has 0 aliphatic rings. The summed E-state index contributed by atoms with van der Waals surface area (Å²) in [6, 6.07) is 4.81. The number of Topliss-reactive ketones (excluding diaryl/α,β-unsaturated/α-hetero) is 1. The summed E-state index contributed by atoms with van der Waals surface area (Å²) in [6.07, 6.45) is 0. The zero-order chi connectivity index (χ0) is 14.0. The second-order valence-electron chi connectivity index (χ2n) is 4.08. The summed E-state index contributed by atoms with van der Waals surface area (Å²) in [5.74, 6) is -1.81. The van der Waals surface area contributed by atoms with Gasteiger partial charge in [0.2, 0.25) is 0 Å². The van der Waals surface area contributed by atoms with Crippen LogP contribution in [0.15, 0.2) is 29.3 Å². The summed E-state index contributed by atoms with van der Waals surface area (Å²) in [4.78, 5) is 11.9. The molecule has 0 bridgehead atoms. The minimum absolute atomic E-state index is 0.0848. The molecule has 0 unspecified atom stereocenters. The summed E-state index contributed by atoms with van der Waals surface area (Å²) in [5.41, 5.74) is 0.762. The zero-order valence-electron chi connectivity index (χ0n) is 10.5. The first-order valence-corrected chi connectivity index (χ1v) is 6.57. The Morgan fingerprint density at radius 3 is 2.68 bits per heavy atom. The SMILES string of the molecule is Cc1cc(SCC(=O)c2ccc(F)cc2F)n(C)n1. The van der Waals surface area contributed by atoms with Crippen LogP contribution in [0.25, 0.3) is 0 Å². The molecule has 0 saturated carbocycles. The van der Waals surface area contributed by atoms with E-state index in [1.54, 1.807) is 11.7 Å². The zero-order valence-corrected chi connectivity index (χ0v) is 11.3. The van der Waals surface area contributed by atoms with Crippen LogP contribution in [0.1, 0.15) is 16.1 Å². The van der Waals surface area contributed by atoms with E-state index in [1.807, 2.05) is 13.0 Å². The van der Waals surface area contributed by atoms with Gasteiger partial charge in [-0.15, -0.1) is 0 Å². The number of aromatic nitrogens is 2. The number of halogens is 2. The van der Waals surface area contributed by atoms with Gasteiger partial charge in [-0.1, -0.05) is 11.8 Å². The Hall–Kier alpha value is -1.69. The number of hydrogen-bond acceptors (Lipinski definition) is 3. The summed E-state index contributed by atoms with van der Waals surface area (Å²) in [6.45, 7) is 1.85. The van der Waals surface area contributed by atoms with Crippen molar-refractivity contribution in [2.75, 3.05) is 5.75 Å². The summed E-state index contributed by atoms with van der Waals surface area (Å²) in [5, 5.41) is 4.98. The van der Waals surface area contributed by atoms with Crippen LogP contribution in [0.5, 0.6) is 0 Å². The van der Waals surface area contributed by atoms with Gasteiger partial charge in [0.1, 0.15) is 11.6 Å². The first kappa shape index (κ1) is 13.7. The minimum atomic E-state index is -0.827. The fraction of sp³-hybridized carbons (Fsp3) is 0.231. The molecule has 6 heteroatoms. The molecule has 1 aromatic heterocycles.